The van der Waals surface area contributed by atoms with E-state index in [9.17, 15) is 14.7 Å². The van der Waals surface area contributed by atoms with Crippen molar-refractivity contribution in [2.24, 2.45) is 17.3 Å². The Balaban J connectivity index is 1.31. The van der Waals surface area contributed by atoms with Crippen molar-refractivity contribution in [1.82, 2.24) is 9.80 Å². The molecule has 5 rings (SSSR count). The maximum absolute atomic E-state index is 13.6. The fourth-order valence-corrected chi connectivity index (χ4v) is 5.42. The van der Waals surface area contributed by atoms with Crippen molar-refractivity contribution in [3.05, 3.63) is 71.8 Å². The Kier molecular flexibility index (Phi) is 4.86. The van der Waals surface area contributed by atoms with E-state index in [1.54, 1.807) is 0 Å². The Hall–Kier alpha value is -2.66. The van der Waals surface area contributed by atoms with E-state index in [4.69, 9.17) is 0 Å². The molecule has 2 aromatic rings. The molecule has 2 aromatic carbocycles. The summed E-state index contributed by atoms with van der Waals surface area (Å²) < 4.78 is 0. The molecule has 156 valence electrons. The van der Waals surface area contributed by atoms with Crippen LogP contribution in [-0.2, 0) is 22.4 Å². The minimum absolute atomic E-state index is 0.0783. The van der Waals surface area contributed by atoms with Gasteiger partial charge >= 0.3 is 0 Å². The smallest absolute Gasteiger partial charge is 0.232 e. The molecule has 5 heteroatoms. The Labute approximate surface area is 177 Å². The molecular weight excluding hydrogens is 376 g/mol. The molecule has 3 atom stereocenters. The van der Waals surface area contributed by atoms with Gasteiger partial charge in [-0.2, -0.15) is 0 Å². The molecule has 1 N–H and O–H groups in total. The lowest BCUT2D eigenvalue weighted by molar-refractivity contribution is -0.159. The SMILES string of the molecule is O=C(Cc1ccccc1)N1CC(Cc2ccccc2)(C(=O)N2C[C@@H]3C[C@@H](O)[C@@H]3C2)C1. The summed E-state index contributed by atoms with van der Waals surface area (Å²) >= 11 is 0. The minimum Gasteiger partial charge on any atom is -0.393 e. The lowest BCUT2D eigenvalue weighted by atomic mass is 9.73. The topological polar surface area (TPSA) is 60.9 Å². The number of aliphatic hydroxyl groups is 1. The summed E-state index contributed by atoms with van der Waals surface area (Å²) in [6.45, 7) is 2.34. The highest BCUT2D eigenvalue weighted by Gasteiger charge is 2.56. The van der Waals surface area contributed by atoms with E-state index in [1.807, 2.05) is 58.3 Å². The van der Waals surface area contributed by atoms with Crippen LogP contribution in [0.2, 0.25) is 0 Å². The summed E-state index contributed by atoms with van der Waals surface area (Å²) in [5.74, 6) is 0.901. The van der Waals surface area contributed by atoms with Gasteiger partial charge in [0.2, 0.25) is 11.8 Å². The van der Waals surface area contributed by atoms with Gasteiger partial charge in [-0.3, -0.25) is 9.59 Å². The van der Waals surface area contributed by atoms with E-state index in [0.29, 0.717) is 38.4 Å². The Morgan fingerprint density at radius 3 is 2.13 bits per heavy atom. The number of amides is 2. The number of aliphatic hydroxyl groups excluding tert-OH is 1. The van der Waals surface area contributed by atoms with Crippen LogP contribution in [0.5, 0.6) is 0 Å². The molecule has 0 bridgehead atoms. The second-order valence-electron chi connectivity index (χ2n) is 9.29. The van der Waals surface area contributed by atoms with Crippen molar-refractivity contribution >= 4 is 11.8 Å². The van der Waals surface area contributed by atoms with Crippen LogP contribution in [-0.4, -0.2) is 59.0 Å². The Morgan fingerprint density at radius 1 is 0.900 bits per heavy atom. The third kappa shape index (κ3) is 3.41. The third-order valence-corrected chi connectivity index (χ3v) is 7.19. The maximum atomic E-state index is 13.6. The van der Waals surface area contributed by atoms with Crippen molar-refractivity contribution in [1.29, 1.82) is 0 Å². The van der Waals surface area contributed by atoms with Crippen LogP contribution in [0.1, 0.15) is 17.5 Å². The summed E-state index contributed by atoms with van der Waals surface area (Å²) in [6.07, 6.45) is 1.57. The summed E-state index contributed by atoms with van der Waals surface area (Å²) in [6, 6.07) is 19.8. The number of hydrogen-bond acceptors (Lipinski definition) is 3. The molecule has 0 spiro atoms. The molecule has 0 unspecified atom stereocenters. The predicted molar refractivity (Wildman–Crippen MR) is 113 cm³/mol. The van der Waals surface area contributed by atoms with E-state index in [1.165, 1.54) is 0 Å². The Morgan fingerprint density at radius 2 is 1.53 bits per heavy atom. The van der Waals surface area contributed by atoms with Crippen LogP contribution in [0, 0.1) is 17.3 Å². The van der Waals surface area contributed by atoms with Gasteiger partial charge in [0.25, 0.3) is 0 Å². The zero-order valence-corrected chi connectivity index (χ0v) is 17.1. The first-order chi connectivity index (χ1) is 14.5. The van der Waals surface area contributed by atoms with Crippen molar-refractivity contribution in [3.8, 4) is 0 Å². The van der Waals surface area contributed by atoms with Crippen LogP contribution in [0.4, 0.5) is 0 Å². The normalized spacial score (nSPS) is 26.5. The third-order valence-electron chi connectivity index (χ3n) is 7.19. The van der Waals surface area contributed by atoms with E-state index < -0.39 is 5.41 Å². The standard InChI is InChI=1S/C25H28N2O3/c28-22-12-20-14-26(15-21(20)22)24(30)25(13-19-9-5-2-6-10-19)16-27(17-25)23(29)11-18-7-3-1-4-8-18/h1-10,20-22,28H,11-17H2/t20-,21+,22+/m0/s1. The van der Waals surface area contributed by atoms with Crippen molar-refractivity contribution < 1.29 is 14.7 Å². The predicted octanol–water partition coefficient (Wildman–Crippen LogP) is 2.14. The molecule has 2 aliphatic heterocycles. The first kappa shape index (κ1) is 19.3. The molecule has 1 saturated carbocycles. The molecule has 2 saturated heterocycles. The zero-order valence-electron chi connectivity index (χ0n) is 17.1. The van der Waals surface area contributed by atoms with Crippen LogP contribution in [0.25, 0.3) is 0 Å². The highest BCUT2D eigenvalue weighted by molar-refractivity contribution is 5.89. The van der Waals surface area contributed by atoms with Gasteiger partial charge in [-0.1, -0.05) is 60.7 Å². The highest BCUT2D eigenvalue weighted by Crippen LogP contribution is 2.44. The minimum atomic E-state index is -0.553. The van der Waals surface area contributed by atoms with Gasteiger partial charge in [0, 0.05) is 32.1 Å². The summed E-state index contributed by atoms with van der Waals surface area (Å²) in [5.41, 5.74) is 1.57. The first-order valence-corrected chi connectivity index (χ1v) is 10.9. The highest BCUT2D eigenvalue weighted by atomic mass is 16.3. The summed E-state index contributed by atoms with van der Waals surface area (Å²) in [7, 11) is 0. The second kappa shape index (κ2) is 7.55. The Bertz CT molecular complexity index is 924. The average molecular weight is 405 g/mol. The number of fused-ring (bicyclic) bond motifs is 1. The van der Waals surface area contributed by atoms with Gasteiger partial charge in [0.1, 0.15) is 0 Å². The number of likely N-dealkylation sites (tertiary alicyclic amines) is 2. The molecule has 2 amide bonds. The molecule has 1 aliphatic carbocycles. The maximum Gasteiger partial charge on any atom is 0.232 e. The van der Waals surface area contributed by atoms with Gasteiger partial charge in [0.05, 0.1) is 17.9 Å². The number of carbonyl (C=O) groups excluding carboxylic acids is 2. The first-order valence-electron chi connectivity index (χ1n) is 10.9. The molecular formula is C25H28N2O3. The molecule has 3 fully saturated rings. The molecule has 5 nitrogen and oxygen atoms in total. The summed E-state index contributed by atoms with van der Waals surface area (Å²) in [4.78, 5) is 30.2. The molecule has 2 heterocycles. The fourth-order valence-electron chi connectivity index (χ4n) is 5.42. The van der Waals surface area contributed by atoms with Crippen LogP contribution in [0.3, 0.4) is 0 Å². The molecule has 0 aromatic heterocycles. The van der Waals surface area contributed by atoms with Gasteiger partial charge in [-0.15, -0.1) is 0 Å². The molecule has 30 heavy (non-hydrogen) atoms. The number of nitrogens with zero attached hydrogens (tertiary/aromatic N) is 2. The fraction of sp³-hybridized carbons (Fsp3) is 0.440. The van der Waals surface area contributed by atoms with Gasteiger partial charge in [-0.25, -0.2) is 0 Å². The van der Waals surface area contributed by atoms with E-state index >= 15 is 0 Å². The van der Waals surface area contributed by atoms with Gasteiger partial charge in [0.15, 0.2) is 0 Å². The summed E-state index contributed by atoms with van der Waals surface area (Å²) in [5, 5.41) is 9.99. The number of carbonyl (C=O) groups is 2. The molecule has 3 aliphatic rings. The number of benzene rings is 2. The van der Waals surface area contributed by atoms with E-state index in [0.717, 1.165) is 24.1 Å². The van der Waals surface area contributed by atoms with Crippen LogP contribution in [0.15, 0.2) is 60.7 Å². The lowest BCUT2D eigenvalue weighted by Gasteiger charge is -2.50. The second-order valence-corrected chi connectivity index (χ2v) is 9.29. The van der Waals surface area contributed by atoms with Gasteiger partial charge < -0.3 is 14.9 Å². The lowest BCUT2D eigenvalue weighted by Crippen LogP contribution is -2.66. The number of rotatable bonds is 5. The van der Waals surface area contributed by atoms with Crippen LogP contribution >= 0.6 is 0 Å². The van der Waals surface area contributed by atoms with Crippen molar-refractivity contribution in [2.75, 3.05) is 26.2 Å². The number of hydrogen-bond donors (Lipinski definition) is 1. The largest absolute Gasteiger partial charge is 0.393 e. The van der Waals surface area contributed by atoms with Crippen LogP contribution < -0.4 is 0 Å². The quantitative estimate of drug-likeness (QED) is 0.831. The molecule has 0 radical (unpaired) electrons. The van der Waals surface area contributed by atoms with Gasteiger partial charge in [-0.05, 0) is 29.9 Å². The van der Waals surface area contributed by atoms with Crippen molar-refractivity contribution in [2.45, 2.75) is 25.4 Å². The van der Waals surface area contributed by atoms with E-state index in [-0.39, 0.29) is 23.8 Å². The monoisotopic (exact) mass is 404 g/mol. The average Bonchev–Trinajstić information content (AvgIpc) is 3.08. The van der Waals surface area contributed by atoms with E-state index in [2.05, 4.69) is 12.1 Å². The van der Waals surface area contributed by atoms with Crippen molar-refractivity contribution in [3.63, 3.8) is 0 Å². The zero-order chi connectivity index (χ0) is 20.7.